The molecule has 3 heterocycles. The van der Waals surface area contributed by atoms with Crippen LogP contribution in [0, 0.1) is 27.7 Å². The van der Waals surface area contributed by atoms with Crippen LogP contribution in [0.4, 0.5) is 0 Å². The lowest BCUT2D eigenvalue weighted by Gasteiger charge is -2.25. The highest BCUT2D eigenvalue weighted by Crippen LogP contribution is 2.36. The minimum Gasteiger partial charge on any atom is -0.493 e. The summed E-state index contributed by atoms with van der Waals surface area (Å²) in [5.41, 5.74) is 7.86. The monoisotopic (exact) mass is 585 g/mol. The Balaban J connectivity index is 1.70. The number of aromatic nitrogens is 2. The number of rotatable bonds is 7. The topological polar surface area (TPSA) is 84.1 Å². The fraction of sp³-hybridized carbons (Fsp3) is 0.303. The van der Waals surface area contributed by atoms with Crippen LogP contribution in [0.5, 0.6) is 11.5 Å². The summed E-state index contributed by atoms with van der Waals surface area (Å²) < 4.78 is 20.7. The number of ether oxygens (including phenoxy) is 3. The molecule has 1 atom stereocenters. The number of carbonyl (C=O) groups is 1. The molecule has 5 rings (SSSR count). The first kappa shape index (κ1) is 29.1. The summed E-state index contributed by atoms with van der Waals surface area (Å²) in [6.45, 7) is 12.1. The first-order valence-electron chi connectivity index (χ1n) is 13.8. The summed E-state index contributed by atoms with van der Waals surface area (Å²) in [7, 11) is 3.11. The zero-order valence-corrected chi connectivity index (χ0v) is 26.0. The maximum atomic E-state index is 14.1. The molecule has 0 radical (unpaired) electrons. The number of benzene rings is 2. The van der Waals surface area contributed by atoms with Gasteiger partial charge in [0.15, 0.2) is 16.3 Å². The van der Waals surface area contributed by atoms with Gasteiger partial charge in [0, 0.05) is 17.1 Å². The summed E-state index contributed by atoms with van der Waals surface area (Å²) in [5.74, 6) is 0.532. The average molecular weight is 586 g/mol. The van der Waals surface area contributed by atoms with E-state index in [4.69, 9.17) is 19.2 Å². The first-order valence-corrected chi connectivity index (χ1v) is 14.6. The lowest BCUT2D eigenvalue weighted by molar-refractivity contribution is -0.139. The van der Waals surface area contributed by atoms with E-state index in [1.165, 1.54) is 22.5 Å². The number of nitrogens with zero attached hydrogens (tertiary/aromatic N) is 3. The van der Waals surface area contributed by atoms with Crippen LogP contribution in [0.2, 0.25) is 0 Å². The molecule has 0 amide bonds. The Morgan fingerprint density at radius 2 is 1.71 bits per heavy atom. The van der Waals surface area contributed by atoms with Crippen LogP contribution in [0.3, 0.4) is 0 Å². The van der Waals surface area contributed by atoms with Crippen LogP contribution >= 0.6 is 11.3 Å². The number of hydrogen-bond donors (Lipinski definition) is 0. The standard InChI is InChI=1S/C33H35N3O5S/c1-9-41-32(38)29-21(5)34-33-36(30(29)23-11-13-26(39-7)27(16-23)40-8)31(37)28(42-33)17-24-15-20(4)35(22(24)6)25-12-10-18(2)19(3)14-25/h10-17,30H,9H2,1-8H3/b28-17+/t30-/m0/s1. The predicted molar refractivity (Wildman–Crippen MR) is 165 cm³/mol. The number of aryl methyl sites for hydroxylation is 3. The van der Waals surface area contributed by atoms with E-state index in [1.807, 2.05) is 12.1 Å². The van der Waals surface area contributed by atoms with Gasteiger partial charge in [-0.05, 0) is 100 Å². The Bertz CT molecular complexity index is 1930. The normalized spacial score (nSPS) is 15.0. The second-order valence-corrected chi connectivity index (χ2v) is 11.4. The number of fused-ring (bicyclic) bond motifs is 1. The van der Waals surface area contributed by atoms with Crippen LogP contribution in [0.1, 0.15) is 53.5 Å². The van der Waals surface area contributed by atoms with E-state index in [0.29, 0.717) is 37.7 Å². The van der Waals surface area contributed by atoms with Gasteiger partial charge in [-0.25, -0.2) is 9.79 Å². The van der Waals surface area contributed by atoms with Gasteiger partial charge in [0.1, 0.15) is 0 Å². The third-order valence-electron chi connectivity index (χ3n) is 7.75. The number of hydrogen-bond acceptors (Lipinski definition) is 7. The number of carbonyl (C=O) groups excluding carboxylic acids is 1. The summed E-state index contributed by atoms with van der Waals surface area (Å²) in [4.78, 5) is 32.6. The van der Waals surface area contributed by atoms with Crippen LogP contribution in [0.15, 0.2) is 63.5 Å². The fourth-order valence-corrected chi connectivity index (χ4v) is 6.50. The average Bonchev–Trinajstić information content (AvgIpc) is 3.42. The van der Waals surface area contributed by atoms with E-state index in [2.05, 4.69) is 56.5 Å². The molecule has 0 spiro atoms. The van der Waals surface area contributed by atoms with E-state index in [9.17, 15) is 9.59 Å². The molecule has 8 nitrogen and oxygen atoms in total. The number of methoxy groups -OCH3 is 2. The van der Waals surface area contributed by atoms with Crippen LogP contribution in [-0.2, 0) is 9.53 Å². The molecule has 0 fully saturated rings. The zero-order chi connectivity index (χ0) is 30.3. The molecule has 0 aliphatic carbocycles. The summed E-state index contributed by atoms with van der Waals surface area (Å²) in [5, 5.41) is 0. The minimum absolute atomic E-state index is 0.203. The van der Waals surface area contributed by atoms with E-state index in [0.717, 1.165) is 22.6 Å². The van der Waals surface area contributed by atoms with Crippen molar-refractivity contribution in [3.05, 3.63) is 107 Å². The zero-order valence-electron chi connectivity index (χ0n) is 25.2. The molecule has 0 bridgehead atoms. The highest BCUT2D eigenvalue weighted by molar-refractivity contribution is 7.07. The van der Waals surface area contributed by atoms with Crippen molar-refractivity contribution in [1.82, 2.24) is 9.13 Å². The maximum Gasteiger partial charge on any atom is 0.338 e. The minimum atomic E-state index is -0.745. The van der Waals surface area contributed by atoms with Gasteiger partial charge in [-0.15, -0.1) is 0 Å². The first-order chi connectivity index (χ1) is 20.1. The van der Waals surface area contributed by atoms with Crippen LogP contribution in [0.25, 0.3) is 11.8 Å². The summed E-state index contributed by atoms with van der Waals surface area (Å²) in [6, 6.07) is 13.1. The SMILES string of the molecule is CCOC(=O)C1=C(C)N=c2s/c(=C/c3cc(C)n(-c4ccc(C)c(C)c4)c3C)c(=O)n2[C@H]1c1ccc(OC)c(OC)c1. The van der Waals surface area contributed by atoms with Crippen molar-refractivity contribution in [3.63, 3.8) is 0 Å². The Morgan fingerprint density at radius 3 is 2.38 bits per heavy atom. The Hall–Kier alpha value is -4.37. The molecule has 1 aliphatic heterocycles. The second kappa shape index (κ2) is 11.5. The molecule has 0 saturated heterocycles. The van der Waals surface area contributed by atoms with E-state index in [1.54, 1.807) is 44.8 Å². The van der Waals surface area contributed by atoms with Crippen molar-refractivity contribution in [2.75, 3.05) is 20.8 Å². The fourth-order valence-electron chi connectivity index (χ4n) is 5.47. The predicted octanol–water partition coefficient (Wildman–Crippen LogP) is 4.84. The molecule has 2 aromatic heterocycles. The van der Waals surface area contributed by atoms with Gasteiger partial charge in [-0.1, -0.05) is 23.5 Å². The van der Waals surface area contributed by atoms with Crippen molar-refractivity contribution >= 4 is 23.4 Å². The third kappa shape index (κ3) is 4.98. The van der Waals surface area contributed by atoms with Gasteiger partial charge in [0.25, 0.3) is 5.56 Å². The molecule has 42 heavy (non-hydrogen) atoms. The Labute approximate surface area is 248 Å². The van der Waals surface area contributed by atoms with Crippen molar-refractivity contribution in [2.24, 2.45) is 4.99 Å². The van der Waals surface area contributed by atoms with Gasteiger partial charge < -0.3 is 18.8 Å². The van der Waals surface area contributed by atoms with E-state index in [-0.39, 0.29) is 12.2 Å². The number of thiazole rings is 1. The number of allylic oxidation sites excluding steroid dienone is 1. The highest BCUT2D eigenvalue weighted by Gasteiger charge is 2.34. The van der Waals surface area contributed by atoms with Crippen LogP contribution < -0.4 is 24.4 Å². The van der Waals surface area contributed by atoms with Gasteiger partial charge in [0.2, 0.25) is 0 Å². The molecule has 1 aliphatic rings. The third-order valence-corrected chi connectivity index (χ3v) is 8.73. The van der Waals surface area contributed by atoms with E-state index < -0.39 is 12.0 Å². The molecular weight excluding hydrogens is 550 g/mol. The van der Waals surface area contributed by atoms with Gasteiger partial charge in [-0.3, -0.25) is 9.36 Å². The van der Waals surface area contributed by atoms with Gasteiger partial charge in [-0.2, -0.15) is 0 Å². The van der Waals surface area contributed by atoms with Gasteiger partial charge in [0.05, 0.1) is 42.7 Å². The second-order valence-electron chi connectivity index (χ2n) is 10.3. The van der Waals surface area contributed by atoms with Crippen molar-refractivity contribution in [1.29, 1.82) is 0 Å². The molecular formula is C33H35N3O5S. The lowest BCUT2D eigenvalue weighted by Crippen LogP contribution is -2.40. The maximum absolute atomic E-state index is 14.1. The smallest absolute Gasteiger partial charge is 0.338 e. The Kier molecular flexibility index (Phi) is 7.97. The van der Waals surface area contributed by atoms with Crippen molar-refractivity contribution < 1.29 is 19.0 Å². The number of esters is 1. The molecule has 2 aromatic carbocycles. The van der Waals surface area contributed by atoms with Crippen LogP contribution in [-0.4, -0.2) is 35.9 Å². The quantitative estimate of drug-likeness (QED) is 0.290. The highest BCUT2D eigenvalue weighted by atomic mass is 32.1. The lowest BCUT2D eigenvalue weighted by atomic mass is 9.95. The molecule has 0 saturated carbocycles. The largest absolute Gasteiger partial charge is 0.493 e. The molecule has 4 aromatic rings. The molecule has 0 unspecified atom stereocenters. The van der Waals surface area contributed by atoms with Gasteiger partial charge >= 0.3 is 5.97 Å². The molecule has 218 valence electrons. The van der Waals surface area contributed by atoms with Crippen molar-refractivity contribution in [3.8, 4) is 17.2 Å². The molecule has 9 heteroatoms. The van der Waals surface area contributed by atoms with Crippen molar-refractivity contribution in [2.45, 2.75) is 47.6 Å². The van der Waals surface area contributed by atoms with E-state index >= 15 is 0 Å². The Morgan fingerprint density at radius 1 is 0.976 bits per heavy atom. The molecule has 0 N–H and O–H groups in total. The summed E-state index contributed by atoms with van der Waals surface area (Å²) >= 11 is 1.30. The summed E-state index contributed by atoms with van der Waals surface area (Å²) in [6.07, 6.45) is 1.92.